The van der Waals surface area contributed by atoms with Crippen LogP contribution in [0.3, 0.4) is 0 Å². The van der Waals surface area contributed by atoms with E-state index in [0.717, 1.165) is 17.5 Å². The van der Waals surface area contributed by atoms with Crippen molar-refractivity contribution >= 4 is 28.0 Å². The van der Waals surface area contributed by atoms with Gasteiger partial charge < -0.3 is 11.1 Å². The molecule has 0 aliphatic rings. The van der Waals surface area contributed by atoms with Gasteiger partial charge in [0, 0.05) is 23.0 Å². The average molecular weight is 281 g/mol. The lowest BCUT2D eigenvalue weighted by Gasteiger charge is -2.12. The molecular weight excluding hydrogens is 265 g/mol. The highest BCUT2D eigenvalue weighted by Gasteiger charge is 2.12. The Labute approximate surface area is 122 Å². The van der Waals surface area contributed by atoms with Crippen molar-refractivity contribution in [3.8, 4) is 0 Å². The summed E-state index contributed by atoms with van der Waals surface area (Å²) in [6, 6.07) is 12.9. The Kier molecular flexibility index (Phi) is 3.44. The summed E-state index contributed by atoms with van der Waals surface area (Å²) < 4.78 is 14.2. The van der Waals surface area contributed by atoms with Crippen LogP contribution in [0.15, 0.2) is 48.7 Å². The van der Waals surface area contributed by atoms with Crippen molar-refractivity contribution in [1.82, 2.24) is 4.98 Å². The molecule has 0 atom stereocenters. The van der Waals surface area contributed by atoms with E-state index < -0.39 is 5.82 Å². The number of nitrogens with two attached hydrogens (primary N) is 1. The van der Waals surface area contributed by atoms with Gasteiger partial charge in [-0.15, -0.1) is 0 Å². The fourth-order valence-electron chi connectivity index (χ4n) is 2.32. The minimum Gasteiger partial charge on any atom is -0.398 e. The number of nitrogens with one attached hydrogen (secondary N) is 1. The van der Waals surface area contributed by atoms with Gasteiger partial charge in [0.25, 0.3) is 0 Å². The number of aromatic nitrogens is 1. The number of nitrogen functional groups attached to an aromatic ring is 1. The number of fused-ring (bicyclic) bond motifs is 1. The number of rotatable bonds is 3. The van der Waals surface area contributed by atoms with Gasteiger partial charge in [0.2, 0.25) is 0 Å². The Balaban J connectivity index is 2.07. The summed E-state index contributed by atoms with van der Waals surface area (Å²) in [5.41, 5.74) is 9.19. The Morgan fingerprint density at radius 2 is 1.95 bits per heavy atom. The number of nitrogens with zero attached hydrogens (tertiary/aromatic N) is 1. The second kappa shape index (κ2) is 5.40. The zero-order chi connectivity index (χ0) is 14.8. The monoisotopic (exact) mass is 281 g/mol. The zero-order valence-corrected chi connectivity index (χ0v) is 11.7. The predicted molar refractivity (Wildman–Crippen MR) is 85.2 cm³/mol. The van der Waals surface area contributed by atoms with Gasteiger partial charge in [0.15, 0.2) is 5.82 Å². The van der Waals surface area contributed by atoms with Crippen LogP contribution in [0.5, 0.6) is 0 Å². The fourth-order valence-corrected chi connectivity index (χ4v) is 2.32. The molecular formula is C17H16FN3. The molecule has 2 aromatic carbocycles. The van der Waals surface area contributed by atoms with Gasteiger partial charge >= 0.3 is 0 Å². The number of halogens is 1. The molecule has 3 aromatic rings. The van der Waals surface area contributed by atoms with Gasteiger partial charge in [-0.05, 0) is 42.3 Å². The number of aryl methyl sites for hydroxylation is 1. The number of pyridine rings is 1. The van der Waals surface area contributed by atoms with Crippen molar-refractivity contribution in [2.24, 2.45) is 0 Å². The van der Waals surface area contributed by atoms with E-state index in [1.807, 2.05) is 30.3 Å². The smallest absolute Gasteiger partial charge is 0.150 e. The van der Waals surface area contributed by atoms with Crippen LogP contribution in [0.4, 0.5) is 21.5 Å². The maximum atomic E-state index is 14.2. The highest BCUT2D eigenvalue weighted by atomic mass is 19.1. The molecule has 0 aliphatic carbocycles. The predicted octanol–water partition coefficient (Wildman–Crippen LogP) is 4.26. The van der Waals surface area contributed by atoms with E-state index >= 15 is 0 Å². The van der Waals surface area contributed by atoms with Crippen LogP contribution in [0.1, 0.15) is 12.5 Å². The number of benzene rings is 2. The molecule has 0 amide bonds. The highest BCUT2D eigenvalue weighted by molar-refractivity contribution is 5.99. The molecule has 106 valence electrons. The molecule has 1 heterocycles. The standard InChI is InChI=1S/C17H16FN3/c1-2-11-5-7-12(8-6-11)21-17-14(18)10-15(19)13-4-3-9-20-16(13)17/h3-10,21H,2,19H2,1H3. The summed E-state index contributed by atoms with van der Waals surface area (Å²) >= 11 is 0. The molecule has 0 bridgehead atoms. The second-order valence-corrected chi connectivity index (χ2v) is 4.90. The van der Waals surface area contributed by atoms with Crippen LogP contribution in [0.25, 0.3) is 10.9 Å². The lowest BCUT2D eigenvalue weighted by atomic mass is 10.1. The van der Waals surface area contributed by atoms with Crippen LogP contribution in [0, 0.1) is 5.82 Å². The topological polar surface area (TPSA) is 50.9 Å². The van der Waals surface area contributed by atoms with Crippen molar-refractivity contribution in [3.05, 3.63) is 60.0 Å². The minimum atomic E-state index is -0.404. The molecule has 0 saturated carbocycles. The van der Waals surface area contributed by atoms with Crippen molar-refractivity contribution in [1.29, 1.82) is 0 Å². The molecule has 4 heteroatoms. The molecule has 0 radical (unpaired) electrons. The Morgan fingerprint density at radius 3 is 2.67 bits per heavy atom. The molecule has 0 unspecified atom stereocenters. The summed E-state index contributed by atoms with van der Waals surface area (Å²) in [6.45, 7) is 2.10. The third kappa shape index (κ3) is 2.52. The van der Waals surface area contributed by atoms with Crippen LogP contribution in [0.2, 0.25) is 0 Å². The first-order valence-electron chi connectivity index (χ1n) is 6.87. The summed E-state index contributed by atoms with van der Waals surface area (Å²) in [4.78, 5) is 4.25. The molecule has 0 saturated heterocycles. The summed E-state index contributed by atoms with van der Waals surface area (Å²) in [5.74, 6) is -0.404. The fraction of sp³-hybridized carbons (Fsp3) is 0.118. The van der Waals surface area contributed by atoms with Crippen molar-refractivity contribution in [3.63, 3.8) is 0 Å². The van der Waals surface area contributed by atoms with Crippen molar-refractivity contribution in [2.75, 3.05) is 11.1 Å². The molecule has 3 rings (SSSR count). The van der Waals surface area contributed by atoms with Crippen LogP contribution in [-0.4, -0.2) is 4.98 Å². The van der Waals surface area contributed by atoms with Gasteiger partial charge in [-0.25, -0.2) is 4.39 Å². The lowest BCUT2D eigenvalue weighted by Crippen LogP contribution is -1.99. The maximum absolute atomic E-state index is 14.2. The third-order valence-corrected chi connectivity index (χ3v) is 3.51. The highest BCUT2D eigenvalue weighted by Crippen LogP contribution is 2.31. The van der Waals surface area contributed by atoms with Crippen LogP contribution in [-0.2, 0) is 6.42 Å². The zero-order valence-electron chi connectivity index (χ0n) is 11.7. The van der Waals surface area contributed by atoms with E-state index in [-0.39, 0.29) is 0 Å². The first-order valence-corrected chi connectivity index (χ1v) is 6.87. The van der Waals surface area contributed by atoms with E-state index in [1.54, 1.807) is 12.3 Å². The van der Waals surface area contributed by atoms with Crippen LogP contribution < -0.4 is 11.1 Å². The van der Waals surface area contributed by atoms with E-state index in [2.05, 4.69) is 17.2 Å². The first kappa shape index (κ1) is 13.4. The molecule has 0 spiro atoms. The average Bonchev–Trinajstić information content (AvgIpc) is 2.52. The SMILES string of the molecule is CCc1ccc(Nc2c(F)cc(N)c3cccnc23)cc1. The van der Waals surface area contributed by atoms with E-state index in [9.17, 15) is 4.39 Å². The Bertz CT molecular complexity index is 782. The Hall–Kier alpha value is -2.62. The number of hydrogen-bond acceptors (Lipinski definition) is 3. The minimum absolute atomic E-state index is 0.351. The normalized spacial score (nSPS) is 10.8. The first-order chi connectivity index (χ1) is 10.2. The van der Waals surface area contributed by atoms with E-state index in [4.69, 9.17) is 5.73 Å². The van der Waals surface area contributed by atoms with Gasteiger partial charge in [0.05, 0.1) is 5.52 Å². The number of hydrogen-bond donors (Lipinski definition) is 2. The van der Waals surface area contributed by atoms with Crippen LogP contribution >= 0.6 is 0 Å². The quantitative estimate of drug-likeness (QED) is 0.705. The molecule has 21 heavy (non-hydrogen) atoms. The van der Waals surface area contributed by atoms with Gasteiger partial charge in [0.1, 0.15) is 5.69 Å². The lowest BCUT2D eigenvalue weighted by molar-refractivity contribution is 0.634. The van der Waals surface area contributed by atoms with Gasteiger partial charge in [-0.1, -0.05) is 19.1 Å². The third-order valence-electron chi connectivity index (χ3n) is 3.51. The summed E-state index contributed by atoms with van der Waals surface area (Å²) in [7, 11) is 0. The summed E-state index contributed by atoms with van der Waals surface area (Å²) in [6.07, 6.45) is 2.60. The van der Waals surface area contributed by atoms with Crippen molar-refractivity contribution < 1.29 is 4.39 Å². The van der Waals surface area contributed by atoms with Gasteiger partial charge in [-0.2, -0.15) is 0 Å². The molecule has 1 aromatic heterocycles. The molecule has 3 N–H and O–H groups in total. The second-order valence-electron chi connectivity index (χ2n) is 4.90. The van der Waals surface area contributed by atoms with Crippen molar-refractivity contribution in [2.45, 2.75) is 13.3 Å². The molecule has 3 nitrogen and oxygen atoms in total. The van der Waals surface area contributed by atoms with E-state index in [1.165, 1.54) is 11.6 Å². The van der Waals surface area contributed by atoms with Gasteiger partial charge in [-0.3, -0.25) is 4.98 Å². The summed E-state index contributed by atoms with van der Waals surface area (Å²) in [5, 5.41) is 3.84. The number of anilines is 3. The molecule has 0 aliphatic heterocycles. The largest absolute Gasteiger partial charge is 0.398 e. The Morgan fingerprint density at radius 1 is 1.19 bits per heavy atom. The maximum Gasteiger partial charge on any atom is 0.150 e. The van der Waals surface area contributed by atoms with E-state index in [0.29, 0.717) is 16.9 Å². The molecule has 0 fully saturated rings.